The lowest BCUT2D eigenvalue weighted by atomic mass is 9.82. The molecule has 0 saturated heterocycles. The molecule has 0 spiro atoms. The van der Waals surface area contributed by atoms with Crippen molar-refractivity contribution in [1.82, 2.24) is 5.32 Å². The number of hydrogen-bond donors (Lipinski definition) is 2. The Morgan fingerprint density at radius 1 is 1.21 bits per heavy atom. The van der Waals surface area contributed by atoms with Crippen LogP contribution in [0.2, 0.25) is 0 Å². The fourth-order valence-electron chi connectivity index (χ4n) is 2.21. The van der Waals surface area contributed by atoms with Crippen molar-refractivity contribution >= 4 is 18.3 Å². The first-order chi connectivity index (χ1) is 8.69. The van der Waals surface area contributed by atoms with Gasteiger partial charge >= 0.3 is 0 Å². The van der Waals surface area contributed by atoms with Gasteiger partial charge in [-0.15, -0.1) is 12.4 Å². The predicted octanol–water partition coefficient (Wildman–Crippen LogP) is 1.24. The maximum Gasteiger partial charge on any atom is 0.240 e. The van der Waals surface area contributed by atoms with Crippen molar-refractivity contribution in [3.8, 4) is 0 Å². The molecule has 0 atom stereocenters. The zero-order chi connectivity index (χ0) is 13.3. The lowest BCUT2D eigenvalue weighted by Gasteiger charge is -2.31. The van der Waals surface area contributed by atoms with E-state index in [0.717, 1.165) is 32.1 Å². The second-order valence-corrected chi connectivity index (χ2v) is 4.93. The zero-order valence-electron chi connectivity index (χ0n) is 11.8. The number of amides is 1. The van der Waals surface area contributed by atoms with Crippen LogP contribution in [0.3, 0.4) is 0 Å². The average Bonchev–Trinajstić information content (AvgIpc) is 2.38. The van der Waals surface area contributed by atoms with Crippen LogP contribution in [-0.4, -0.2) is 44.9 Å². The highest BCUT2D eigenvalue weighted by Crippen LogP contribution is 2.25. The topological polar surface area (TPSA) is 73.6 Å². The summed E-state index contributed by atoms with van der Waals surface area (Å²) in [7, 11) is 1.65. The Morgan fingerprint density at radius 3 is 2.53 bits per heavy atom. The minimum Gasteiger partial charge on any atom is -0.382 e. The molecule has 0 heterocycles. The lowest BCUT2D eigenvalue weighted by Crippen LogP contribution is -2.55. The molecule has 1 rings (SSSR count). The molecule has 5 nitrogen and oxygen atoms in total. The van der Waals surface area contributed by atoms with Crippen molar-refractivity contribution in [3.05, 3.63) is 0 Å². The average molecular weight is 295 g/mol. The first-order valence-electron chi connectivity index (χ1n) is 6.83. The largest absolute Gasteiger partial charge is 0.382 e. The van der Waals surface area contributed by atoms with Gasteiger partial charge in [-0.05, 0) is 19.3 Å². The molecule has 1 saturated carbocycles. The SMILES string of the molecule is COCCOCCCNC(=O)C1(N)CCCCC1.Cl. The van der Waals surface area contributed by atoms with Gasteiger partial charge in [0.1, 0.15) is 0 Å². The quantitative estimate of drug-likeness (QED) is 0.661. The van der Waals surface area contributed by atoms with Crippen LogP contribution in [0.4, 0.5) is 0 Å². The van der Waals surface area contributed by atoms with E-state index in [1.165, 1.54) is 6.42 Å². The molecule has 0 unspecified atom stereocenters. The van der Waals surface area contributed by atoms with Crippen LogP contribution in [0.15, 0.2) is 0 Å². The summed E-state index contributed by atoms with van der Waals surface area (Å²) in [5.74, 6) is -0.000841. The van der Waals surface area contributed by atoms with E-state index in [2.05, 4.69) is 5.32 Å². The van der Waals surface area contributed by atoms with E-state index in [1.807, 2.05) is 0 Å². The van der Waals surface area contributed by atoms with E-state index < -0.39 is 5.54 Å². The van der Waals surface area contributed by atoms with Crippen molar-refractivity contribution in [2.75, 3.05) is 33.5 Å². The number of carbonyl (C=O) groups is 1. The third-order valence-corrected chi connectivity index (χ3v) is 3.38. The molecule has 114 valence electrons. The van der Waals surface area contributed by atoms with Gasteiger partial charge in [-0.25, -0.2) is 0 Å². The number of ether oxygens (including phenoxy) is 2. The van der Waals surface area contributed by atoms with E-state index in [1.54, 1.807) is 7.11 Å². The highest BCUT2D eigenvalue weighted by atomic mass is 35.5. The smallest absolute Gasteiger partial charge is 0.240 e. The van der Waals surface area contributed by atoms with E-state index >= 15 is 0 Å². The Bertz CT molecular complexity index is 246. The van der Waals surface area contributed by atoms with Gasteiger partial charge in [-0.1, -0.05) is 19.3 Å². The monoisotopic (exact) mass is 294 g/mol. The molecular formula is C13H27ClN2O3. The van der Waals surface area contributed by atoms with Crippen LogP contribution >= 0.6 is 12.4 Å². The first kappa shape index (κ1) is 18.6. The summed E-state index contributed by atoms with van der Waals surface area (Å²) in [4.78, 5) is 12.0. The molecule has 6 heteroatoms. The van der Waals surface area contributed by atoms with E-state index in [0.29, 0.717) is 26.4 Å². The summed E-state index contributed by atoms with van der Waals surface area (Å²) in [6, 6.07) is 0. The highest BCUT2D eigenvalue weighted by molar-refractivity contribution is 5.86. The van der Waals surface area contributed by atoms with Crippen LogP contribution in [0, 0.1) is 0 Å². The third kappa shape index (κ3) is 7.11. The summed E-state index contributed by atoms with van der Waals surface area (Å²) in [5.41, 5.74) is 5.49. The van der Waals surface area contributed by atoms with Gasteiger partial charge in [0.05, 0.1) is 18.8 Å². The molecule has 1 amide bonds. The highest BCUT2D eigenvalue weighted by Gasteiger charge is 2.34. The number of halogens is 1. The molecule has 0 aromatic rings. The normalized spacial score (nSPS) is 17.6. The van der Waals surface area contributed by atoms with E-state index in [-0.39, 0.29) is 18.3 Å². The van der Waals surface area contributed by atoms with Gasteiger partial charge in [0.2, 0.25) is 5.91 Å². The van der Waals surface area contributed by atoms with E-state index in [9.17, 15) is 4.79 Å². The van der Waals surface area contributed by atoms with Gasteiger partial charge in [0.15, 0.2) is 0 Å². The Balaban J connectivity index is 0.00000324. The number of rotatable bonds is 8. The molecule has 0 aromatic carbocycles. The van der Waals surface area contributed by atoms with Crippen molar-refractivity contribution in [2.45, 2.75) is 44.1 Å². The molecule has 0 aliphatic heterocycles. The van der Waals surface area contributed by atoms with Gasteiger partial charge in [-0.2, -0.15) is 0 Å². The predicted molar refractivity (Wildman–Crippen MR) is 77.6 cm³/mol. The van der Waals surface area contributed by atoms with E-state index in [4.69, 9.17) is 15.2 Å². The Hall–Kier alpha value is -0.360. The number of nitrogens with one attached hydrogen (secondary N) is 1. The van der Waals surface area contributed by atoms with Crippen molar-refractivity contribution in [3.63, 3.8) is 0 Å². The molecular weight excluding hydrogens is 268 g/mol. The van der Waals surface area contributed by atoms with Crippen molar-refractivity contribution in [1.29, 1.82) is 0 Å². The molecule has 1 fully saturated rings. The summed E-state index contributed by atoms with van der Waals surface area (Å²) >= 11 is 0. The number of methoxy groups -OCH3 is 1. The first-order valence-corrected chi connectivity index (χ1v) is 6.83. The van der Waals surface area contributed by atoms with Crippen LogP contribution in [0.25, 0.3) is 0 Å². The molecule has 0 radical (unpaired) electrons. The molecule has 1 aliphatic rings. The fourth-order valence-corrected chi connectivity index (χ4v) is 2.21. The summed E-state index contributed by atoms with van der Waals surface area (Å²) in [6.45, 7) is 2.48. The fraction of sp³-hybridized carbons (Fsp3) is 0.923. The van der Waals surface area contributed by atoms with Gasteiger partial charge in [-0.3, -0.25) is 4.79 Å². The van der Waals surface area contributed by atoms with Gasteiger partial charge in [0.25, 0.3) is 0 Å². The molecule has 0 aromatic heterocycles. The van der Waals surface area contributed by atoms with Crippen molar-refractivity contribution < 1.29 is 14.3 Å². The number of nitrogens with two attached hydrogens (primary N) is 1. The standard InChI is InChI=1S/C13H26N2O3.ClH/c1-17-10-11-18-9-5-8-15-12(16)13(14)6-3-2-4-7-13;/h2-11,14H2,1H3,(H,15,16);1H. The van der Waals surface area contributed by atoms with Crippen LogP contribution in [0.1, 0.15) is 38.5 Å². The van der Waals surface area contributed by atoms with Crippen LogP contribution < -0.4 is 11.1 Å². The molecule has 0 bridgehead atoms. The summed E-state index contributed by atoms with van der Waals surface area (Å²) in [6.07, 6.45) is 5.74. The molecule has 3 N–H and O–H groups in total. The Morgan fingerprint density at radius 2 is 1.89 bits per heavy atom. The minimum atomic E-state index is -0.630. The minimum absolute atomic E-state index is 0. The molecule has 19 heavy (non-hydrogen) atoms. The van der Waals surface area contributed by atoms with Crippen LogP contribution in [0.5, 0.6) is 0 Å². The lowest BCUT2D eigenvalue weighted by molar-refractivity contribution is -0.127. The molecule has 1 aliphatic carbocycles. The second-order valence-electron chi connectivity index (χ2n) is 4.93. The maximum atomic E-state index is 12.0. The van der Waals surface area contributed by atoms with Gasteiger partial charge in [0, 0.05) is 20.3 Å². The number of hydrogen-bond acceptors (Lipinski definition) is 4. The number of carbonyl (C=O) groups excluding carboxylic acids is 1. The zero-order valence-corrected chi connectivity index (χ0v) is 12.6. The Labute approximate surface area is 122 Å². The Kier molecular flexibility index (Phi) is 10.2. The van der Waals surface area contributed by atoms with Crippen molar-refractivity contribution in [2.24, 2.45) is 5.73 Å². The van der Waals surface area contributed by atoms with Crippen LogP contribution in [-0.2, 0) is 14.3 Å². The van der Waals surface area contributed by atoms with Gasteiger partial charge < -0.3 is 20.5 Å². The maximum absolute atomic E-state index is 12.0. The summed E-state index contributed by atoms with van der Waals surface area (Å²) in [5, 5.41) is 2.91. The third-order valence-electron chi connectivity index (χ3n) is 3.38. The second kappa shape index (κ2) is 10.4. The summed E-state index contributed by atoms with van der Waals surface area (Å²) < 4.78 is 10.2.